The topological polar surface area (TPSA) is 35.5 Å². The van der Waals surface area contributed by atoms with Crippen molar-refractivity contribution in [3.05, 3.63) is 35.4 Å². The summed E-state index contributed by atoms with van der Waals surface area (Å²) in [6.07, 6.45) is 0.816. The van der Waals surface area contributed by atoms with E-state index in [9.17, 15) is 4.79 Å². The average Bonchev–Trinajstić information content (AvgIpc) is 2.36. The number of carbonyl (C=O) groups is 1. The fourth-order valence-electron chi connectivity index (χ4n) is 2.13. The predicted molar refractivity (Wildman–Crippen MR) is 67.2 cm³/mol. The molecule has 17 heavy (non-hydrogen) atoms. The van der Waals surface area contributed by atoms with Crippen molar-refractivity contribution in [1.82, 2.24) is 0 Å². The van der Waals surface area contributed by atoms with Crippen molar-refractivity contribution in [2.75, 3.05) is 14.2 Å². The minimum atomic E-state index is 0.542. The monoisotopic (exact) mass is 230 g/mol. The number of carbonyl (C=O) groups excluding carboxylic acids is 1. The molecule has 0 aliphatic heterocycles. The first-order chi connectivity index (χ1) is 8.22. The maximum Gasteiger partial charge on any atom is 0.154 e. The van der Waals surface area contributed by atoms with Crippen molar-refractivity contribution in [1.29, 1.82) is 0 Å². The lowest BCUT2D eigenvalue weighted by molar-refractivity contribution is 0.112. The summed E-state index contributed by atoms with van der Waals surface area (Å²) in [5.74, 6) is 1.29. The highest BCUT2D eigenvalue weighted by Gasteiger charge is 2.14. The Morgan fingerprint density at radius 3 is 2.53 bits per heavy atom. The number of benzene rings is 2. The smallest absolute Gasteiger partial charge is 0.154 e. The Labute approximate surface area is 100.0 Å². The normalized spacial score (nSPS) is 10.3. The second-order valence-electron chi connectivity index (χ2n) is 3.82. The second kappa shape index (κ2) is 4.45. The summed E-state index contributed by atoms with van der Waals surface area (Å²) >= 11 is 0. The third kappa shape index (κ3) is 1.73. The van der Waals surface area contributed by atoms with Crippen molar-refractivity contribution in [3.8, 4) is 11.5 Å². The third-order valence-electron chi connectivity index (χ3n) is 2.84. The first-order valence-corrected chi connectivity index (χ1v) is 5.32. The van der Waals surface area contributed by atoms with Gasteiger partial charge in [-0.05, 0) is 30.0 Å². The van der Waals surface area contributed by atoms with E-state index in [4.69, 9.17) is 9.47 Å². The standard InChI is InChI=1S/C14H14O3/c1-9-7-10-5-4-6-12(16-2)13(10)11(8-15)14(9)17-3/h4-8H,1-3H3. The zero-order valence-electron chi connectivity index (χ0n) is 10.1. The van der Waals surface area contributed by atoms with E-state index in [-0.39, 0.29) is 0 Å². The zero-order valence-corrected chi connectivity index (χ0v) is 10.1. The molecular formula is C14H14O3. The van der Waals surface area contributed by atoms with Gasteiger partial charge in [-0.25, -0.2) is 0 Å². The predicted octanol–water partition coefficient (Wildman–Crippen LogP) is 2.98. The van der Waals surface area contributed by atoms with E-state index in [1.807, 2.05) is 31.2 Å². The summed E-state index contributed by atoms with van der Waals surface area (Å²) in [5.41, 5.74) is 1.48. The van der Waals surface area contributed by atoms with Crippen LogP contribution in [0, 0.1) is 6.92 Å². The number of aryl methyl sites for hydroxylation is 1. The molecule has 0 aromatic heterocycles. The highest BCUT2D eigenvalue weighted by molar-refractivity contribution is 6.04. The van der Waals surface area contributed by atoms with Crippen molar-refractivity contribution in [3.63, 3.8) is 0 Å². The molecule has 3 heteroatoms. The molecule has 0 amide bonds. The van der Waals surface area contributed by atoms with Gasteiger partial charge in [0.15, 0.2) is 6.29 Å². The Balaban J connectivity index is 2.95. The number of aldehydes is 1. The van der Waals surface area contributed by atoms with Gasteiger partial charge in [-0.1, -0.05) is 12.1 Å². The van der Waals surface area contributed by atoms with E-state index in [0.29, 0.717) is 17.1 Å². The SMILES string of the molecule is COc1c(C)cc2cccc(OC)c2c1C=O. The molecule has 0 fully saturated rings. The molecule has 0 saturated heterocycles. The molecule has 0 bridgehead atoms. The summed E-state index contributed by atoms with van der Waals surface area (Å²) in [5, 5.41) is 1.78. The minimum Gasteiger partial charge on any atom is -0.496 e. The molecule has 0 atom stereocenters. The van der Waals surface area contributed by atoms with Gasteiger partial charge in [0, 0.05) is 5.39 Å². The largest absolute Gasteiger partial charge is 0.496 e. The molecule has 88 valence electrons. The van der Waals surface area contributed by atoms with Crippen LogP contribution in [0.25, 0.3) is 10.8 Å². The fourth-order valence-corrected chi connectivity index (χ4v) is 2.13. The summed E-state index contributed by atoms with van der Waals surface area (Å²) in [7, 11) is 3.16. The lowest BCUT2D eigenvalue weighted by Crippen LogP contribution is -1.97. The van der Waals surface area contributed by atoms with Crippen molar-refractivity contribution in [2.24, 2.45) is 0 Å². The first kappa shape index (κ1) is 11.5. The molecule has 0 radical (unpaired) electrons. The Hall–Kier alpha value is -2.03. The number of hydrogen-bond acceptors (Lipinski definition) is 3. The maximum absolute atomic E-state index is 11.3. The highest BCUT2D eigenvalue weighted by Crippen LogP contribution is 2.35. The van der Waals surface area contributed by atoms with Gasteiger partial charge in [0.05, 0.1) is 19.8 Å². The maximum atomic E-state index is 11.3. The summed E-state index contributed by atoms with van der Waals surface area (Å²) in [4.78, 5) is 11.3. The van der Waals surface area contributed by atoms with Crippen LogP contribution >= 0.6 is 0 Å². The van der Waals surface area contributed by atoms with Gasteiger partial charge in [-0.2, -0.15) is 0 Å². The minimum absolute atomic E-state index is 0.542. The van der Waals surface area contributed by atoms with Crippen LogP contribution in [0.2, 0.25) is 0 Å². The van der Waals surface area contributed by atoms with Gasteiger partial charge in [0.2, 0.25) is 0 Å². The van der Waals surface area contributed by atoms with Gasteiger partial charge in [0.25, 0.3) is 0 Å². The molecule has 2 aromatic rings. The third-order valence-corrected chi connectivity index (χ3v) is 2.84. The van der Waals surface area contributed by atoms with E-state index in [2.05, 4.69) is 0 Å². The average molecular weight is 230 g/mol. The molecule has 2 rings (SSSR count). The molecular weight excluding hydrogens is 216 g/mol. The summed E-state index contributed by atoms with van der Waals surface area (Å²) in [6, 6.07) is 7.69. The first-order valence-electron chi connectivity index (χ1n) is 5.32. The van der Waals surface area contributed by atoms with Gasteiger partial charge < -0.3 is 9.47 Å². The number of ether oxygens (including phenoxy) is 2. The van der Waals surface area contributed by atoms with Crippen LogP contribution in [0.15, 0.2) is 24.3 Å². The van der Waals surface area contributed by atoms with E-state index in [1.54, 1.807) is 14.2 Å². The van der Waals surface area contributed by atoms with Crippen LogP contribution in [0.5, 0.6) is 11.5 Å². The molecule has 2 aromatic carbocycles. The molecule has 0 spiro atoms. The molecule has 0 heterocycles. The van der Waals surface area contributed by atoms with Gasteiger partial charge >= 0.3 is 0 Å². The van der Waals surface area contributed by atoms with E-state index in [1.165, 1.54) is 0 Å². The molecule has 0 unspecified atom stereocenters. The summed E-state index contributed by atoms with van der Waals surface area (Å²) < 4.78 is 10.6. The summed E-state index contributed by atoms with van der Waals surface area (Å²) in [6.45, 7) is 1.92. The molecule has 0 aliphatic carbocycles. The molecule has 0 saturated carbocycles. The van der Waals surface area contributed by atoms with E-state index in [0.717, 1.165) is 22.6 Å². The van der Waals surface area contributed by atoms with Crippen molar-refractivity contribution < 1.29 is 14.3 Å². The van der Waals surface area contributed by atoms with E-state index < -0.39 is 0 Å². The van der Waals surface area contributed by atoms with Gasteiger partial charge in [-0.15, -0.1) is 0 Å². The molecule has 0 N–H and O–H groups in total. The van der Waals surface area contributed by atoms with Crippen molar-refractivity contribution in [2.45, 2.75) is 6.92 Å². The quantitative estimate of drug-likeness (QED) is 0.760. The molecule has 0 aliphatic rings. The zero-order chi connectivity index (χ0) is 12.4. The van der Waals surface area contributed by atoms with Crippen LogP contribution in [-0.4, -0.2) is 20.5 Å². The number of methoxy groups -OCH3 is 2. The molecule has 3 nitrogen and oxygen atoms in total. The Bertz CT molecular complexity index is 573. The highest BCUT2D eigenvalue weighted by atomic mass is 16.5. The van der Waals surface area contributed by atoms with Crippen molar-refractivity contribution >= 4 is 17.1 Å². The Kier molecular flexibility index (Phi) is 3.00. The Morgan fingerprint density at radius 1 is 1.18 bits per heavy atom. The van der Waals surface area contributed by atoms with Crippen LogP contribution in [0.3, 0.4) is 0 Å². The van der Waals surface area contributed by atoms with Crippen LogP contribution in [0.4, 0.5) is 0 Å². The fraction of sp³-hybridized carbons (Fsp3) is 0.214. The number of fused-ring (bicyclic) bond motifs is 1. The number of hydrogen-bond donors (Lipinski definition) is 0. The number of rotatable bonds is 3. The lowest BCUT2D eigenvalue weighted by Gasteiger charge is -2.13. The van der Waals surface area contributed by atoms with Gasteiger partial charge in [-0.3, -0.25) is 4.79 Å². The lowest BCUT2D eigenvalue weighted by atomic mass is 10.00. The van der Waals surface area contributed by atoms with Crippen LogP contribution in [0.1, 0.15) is 15.9 Å². The second-order valence-corrected chi connectivity index (χ2v) is 3.82. The van der Waals surface area contributed by atoms with E-state index >= 15 is 0 Å². The van der Waals surface area contributed by atoms with Crippen LogP contribution in [-0.2, 0) is 0 Å². The Morgan fingerprint density at radius 2 is 1.94 bits per heavy atom. The van der Waals surface area contributed by atoms with Gasteiger partial charge in [0.1, 0.15) is 11.5 Å². The van der Waals surface area contributed by atoms with Crippen LogP contribution < -0.4 is 9.47 Å².